The quantitative estimate of drug-likeness (QED) is 0.603. The molecule has 1 heterocycles. The van der Waals surface area contributed by atoms with Gasteiger partial charge >= 0.3 is 0 Å². The van der Waals surface area contributed by atoms with Crippen LogP contribution in [0.4, 0.5) is 0 Å². The van der Waals surface area contributed by atoms with Gasteiger partial charge in [-0.05, 0) is 13.0 Å². The van der Waals surface area contributed by atoms with E-state index < -0.39 is 0 Å². The SMILES string of the molecule is CCNCc1ncn(CCOCCCOC)n1. The van der Waals surface area contributed by atoms with E-state index in [0.717, 1.165) is 45.1 Å². The van der Waals surface area contributed by atoms with Crippen molar-refractivity contribution in [2.75, 3.05) is 33.5 Å². The molecule has 0 unspecified atom stereocenters. The Hall–Kier alpha value is -0.980. The van der Waals surface area contributed by atoms with E-state index in [4.69, 9.17) is 9.47 Å². The second kappa shape index (κ2) is 9.09. The lowest BCUT2D eigenvalue weighted by Crippen LogP contribution is -2.14. The highest BCUT2D eigenvalue weighted by Gasteiger charge is 1.99. The first-order valence-corrected chi connectivity index (χ1v) is 6.02. The highest BCUT2D eigenvalue weighted by molar-refractivity contribution is 4.80. The summed E-state index contributed by atoms with van der Waals surface area (Å²) in [4.78, 5) is 4.20. The Morgan fingerprint density at radius 2 is 2.24 bits per heavy atom. The molecule has 0 amide bonds. The Bertz CT molecular complexity index is 291. The molecule has 0 aliphatic carbocycles. The first-order chi connectivity index (χ1) is 8.36. The number of hydrogen-bond donors (Lipinski definition) is 1. The minimum atomic E-state index is 0.660. The highest BCUT2D eigenvalue weighted by Crippen LogP contribution is 1.91. The van der Waals surface area contributed by atoms with E-state index in [0.29, 0.717) is 6.61 Å². The number of methoxy groups -OCH3 is 1. The third kappa shape index (κ3) is 6.35. The van der Waals surface area contributed by atoms with Gasteiger partial charge in [-0.15, -0.1) is 0 Å². The molecule has 1 aromatic rings. The zero-order chi connectivity index (χ0) is 12.3. The van der Waals surface area contributed by atoms with Gasteiger partial charge in [0, 0.05) is 20.3 Å². The van der Waals surface area contributed by atoms with Gasteiger partial charge in [-0.25, -0.2) is 4.98 Å². The smallest absolute Gasteiger partial charge is 0.164 e. The van der Waals surface area contributed by atoms with Crippen molar-refractivity contribution in [3.63, 3.8) is 0 Å². The van der Waals surface area contributed by atoms with Crippen LogP contribution in [-0.4, -0.2) is 48.2 Å². The van der Waals surface area contributed by atoms with Gasteiger partial charge in [0.1, 0.15) is 6.33 Å². The minimum Gasteiger partial charge on any atom is -0.385 e. The molecule has 1 rings (SSSR count). The van der Waals surface area contributed by atoms with E-state index in [2.05, 4.69) is 22.3 Å². The van der Waals surface area contributed by atoms with Crippen molar-refractivity contribution in [1.29, 1.82) is 0 Å². The first-order valence-electron chi connectivity index (χ1n) is 6.02. The van der Waals surface area contributed by atoms with Crippen LogP contribution in [0.1, 0.15) is 19.2 Å². The minimum absolute atomic E-state index is 0.660. The molecular weight excluding hydrogens is 220 g/mol. The molecule has 98 valence electrons. The molecule has 0 atom stereocenters. The molecule has 1 N–H and O–H groups in total. The van der Waals surface area contributed by atoms with Crippen molar-refractivity contribution in [1.82, 2.24) is 20.1 Å². The lowest BCUT2D eigenvalue weighted by molar-refractivity contribution is 0.0960. The van der Waals surface area contributed by atoms with Crippen LogP contribution < -0.4 is 5.32 Å². The number of nitrogens with zero attached hydrogens (tertiary/aromatic N) is 3. The summed E-state index contributed by atoms with van der Waals surface area (Å²) in [7, 11) is 1.70. The van der Waals surface area contributed by atoms with Crippen molar-refractivity contribution < 1.29 is 9.47 Å². The Kier molecular flexibility index (Phi) is 7.53. The summed E-state index contributed by atoms with van der Waals surface area (Å²) in [6.07, 6.45) is 2.67. The molecule has 6 heteroatoms. The number of rotatable bonds is 10. The van der Waals surface area contributed by atoms with Crippen molar-refractivity contribution >= 4 is 0 Å². The van der Waals surface area contributed by atoms with Crippen LogP contribution in [0.25, 0.3) is 0 Å². The molecule has 0 aliphatic heterocycles. The average Bonchev–Trinajstić information content (AvgIpc) is 2.79. The van der Waals surface area contributed by atoms with E-state index in [1.54, 1.807) is 13.4 Å². The van der Waals surface area contributed by atoms with E-state index in [-0.39, 0.29) is 0 Å². The molecule has 0 bridgehead atoms. The van der Waals surface area contributed by atoms with Gasteiger partial charge in [0.25, 0.3) is 0 Å². The van der Waals surface area contributed by atoms with Crippen molar-refractivity contribution in [3.05, 3.63) is 12.2 Å². The number of aromatic nitrogens is 3. The molecule has 6 nitrogen and oxygen atoms in total. The zero-order valence-electron chi connectivity index (χ0n) is 10.7. The zero-order valence-corrected chi connectivity index (χ0v) is 10.7. The first kappa shape index (κ1) is 14.1. The average molecular weight is 242 g/mol. The molecule has 1 aromatic heterocycles. The number of hydrogen-bond acceptors (Lipinski definition) is 5. The van der Waals surface area contributed by atoms with Gasteiger partial charge in [0.2, 0.25) is 0 Å². The second-order valence-corrected chi connectivity index (χ2v) is 3.66. The molecule has 0 fully saturated rings. The van der Waals surface area contributed by atoms with Crippen LogP contribution in [0, 0.1) is 0 Å². The van der Waals surface area contributed by atoms with E-state index in [1.807, 2.05) is 4.68 Å². The fourth-order valence-electron chi connectivity index (χ4n) is 1.32. The monoisotopic (exact) mass is 242 g/mol. The Balaban J connectivity index is 2.08. The van der Waals surface area contributed by atoms with Crippen LogP contribution in [0.2, 0.25) is 0 Å². The summed E-state index contributed by atoms with van der Waals surface area (Å²) >= 11 is 0. The largest absolute Gasteiger partial charge is 0.385 e. The van der Waals surface area contributed by atoms with Crippen LogP contribution in [0.3, 0.4) is 0 Å². The summed E-state index contributed by atoms with van der Waals surface area (Å²) in [5.41, 5.74) is 0. The molecule has 0 spiro atoms. The lowest BCUT2D eigenvalue weighted by atomic mass is 10.5. The summed E-state index contributed by atoms with van der Waals surface area (Å²) in [5.74, 6) is 0.825. The molecule has 17 heavy (non-hydrogen) atoms. The maximum Gasteiger partial charge on any atom is 0.164 e. The lowest BCUT2D eigenvalue weighted by Gasteiger charge is -2.03. The molecule has 0 aliphatic rings. The summed E-state index contributed by atoms with van der Waals surface area (Å²) in [6.45, 7) is 6.59. The van der Waals surface area contributed by atoms with Crippen molar-refractivity contribution in [3.8, 4) is 0 Å². The van der Waals surface area contributed by atoms with Crippen LogP contribution >= 0.6 is 0 Å². The summed E-state index contributed by atoms with van der Waals surface area (Å²) in [5, 5.41) is 7.50. The second-order valence-electron chi connectivity index (χ2n) is 3.66. The van der Waals surface area contributed by atoms with Gasteiger partial charge in [-0.1, -0.05) is 6.92 Å². The van der Waals surface area contributed by atoms with Crippen molar-refractivity contribution in [2.45, 2.75) is 26.4 Å². The summed E-state index contributed by atoms with van der Waals surface area (Å²) in [6, 6.07) is 0. The van der Waals surface area contributed by atoms with E-state index in [9.17, 15) is 0 Å². The third-order valence-electron chi connectivity index (χ3n) is 2.22. The Morgan fingerprint density at radius 1 is 1.35 bits per heavy atom. The maximum absolute atomic E-state index is 5.45. The Morgan fingerprint density at radius 3 is 3.00 bits per heavy atom. The van der Waals surface area contributed by atoms with Gasteiger partial charge in [-0.2, -0.15) is 5.10 Å². The molecule has 0 radical (unpaired) electrons. The predicted molar refractivity (Wildman–Crippen MR) is 64.7 cm³/mol. The predicted octanol–water partition coefficient (Wildman–Crippen LogP) is 0.441. The van der Waals surface area contributed by atoms with Crippen molar-refractivity contribution in [2.24, 2.45) is 0 Å². The van der Waals surface area contributed by atoms with E-state index >= 15 is 0 Å². The summed E-state index contributed by atoms with van der Waals surface area (Å²) < 4.78 is 12.2. The van der Waals surface area contributed by atoms with Gasteiger partial charge in [-0.3, -0.25) is 4.68 Å². The highest BCUT2D eigenvalue weighted by atomic mass is 16.5. The topological polar surface area (TPSA) is 61.2 Å². The van der Waals surface area contributed by atoms with Crippen LogP contribution in [0.15, 0.2) is 6.33 Å². The fourth-order valence-corrected chi connectivity index (χ4v) is 1.32. The van der Waals surface area contributed by atoms with Gasteiger partial charge < -0.3 is 14.8 Å². The van der Waals surface area contributed by atoms with Crippen LogP contribution in [-0.2, 0) is 22.6 Å². The van der Waals surface area contributed by atoms with Crippen LogP contribution in [0.5, 0.6) is 0 Å². The number of nitrogens with one attached hydrogen (secondary N) is 1. The molecule has 0 saturated heterocycles. The number of ether oxygens (including phenoxy) is 2. The van der Waals surface area contributed by atoms with E-state index in [1.165, 1.54) is 0 Å². The molecule has 0 aromatic carbocycles. The fraction of sp³-hybridized carbons (Fsp3) is 0.818. The van der Waals surface area contributed by atoms with Gasteiger partial charge in [0.05, 0.1) is 19.7 Å². The maximum atomic E-state index is 5.45. The normalized spacial score (nSPS) is 10.9. The molecular formula is C11H22N4O2. The van der Waals surface area contributed by atoms with Gasteiger partial charge in [0.15, 0.2) is 5.82 Å². The Labute approximate surface area is 102 Å². The molecule has 0 saturated carbocycles. The third-order valence-corrected chi connectivity index (χ3v) is 2.22. The standard InChI is InChI=1S/C11H22N4O2/c1-3-12-9-11-13-10-15(14-11)5-8-17-7-4-6-16-2/h10,12H,3-9H2,1-2H3.